The summed E-state index contributed by atoms with van der Waals surface area (Å²) in [6.45, 7) is 0. The highest BCUT2D eigenvalue weighted by Gasteiger charge is 2.12. The average Bonchev–Trinajstić information content (AvgIpc) is 2.97. The molecule has 4 N–H and O–H groups in total. The molecule has 2 amide bonds. The van der Waals surface area contributed by atoms with Crippen LogP contribution in [0.15, 0.2) is 48.7 Å². The van der Waals surface area contributed by atoms with Crippen molar-refractivity contribution in [1.29, 1.82) is 0 Å². The first-order valence-electron chi connectivity index (χ1n) is 6.89. The third-order valence-electron chi connectivity index (χ3n) is 3.22. The number of aromatic nitrogens is 2. The number of anilines is 2. The largest absolute Gasteiger partial charge is 0.507 e. The lowest BCUT2D eigenvalue weighted by Crippen LogP contribution is -2.19. The Morgan fingerprint density at radius 2 is 1.71 bits per heavy atom. The minimum Gasteiger partial charge on any atom is -0.507 e. The smallest absolute Gasteiger partial charge is 0.323 e. The van der Waals surface area contributed by atoms with Gasteiger partial charge in [0.15, 0.2) is 0 Å². The van der Waals surface area contributed by atoms with Crippen molar-refractivity contribution in [3.8, 4) is 17.0 Å². The Labute approximate surface area is 147 Å². The maximum Gasteiger partial charge on any atom is 0.323 e. The highest BCUT2D eigenvalue weighted by Crippen LogP contribution is 2.34. The number of rotatable bonds is 3. The first kappa shape index (κ1) is 16.2. The number of urea groups is 1. The normalized spacial score (nSPS) is 10.4. The van der Waals surface area contributed by atoms with Crippen LogP contribution in [0.5, 0.6) is 5.75 Å². The number of aromatic amines is 1. The molecule has 0 fully saturated rings. The summed E-state index contributed by atoms with van der Waals surface area (Å²) in [5, 5.41) is 22.8. The number of carbonyl (C=O) groups is 1. The molecule has 2 aromatic carbocycles. The van der Waals surface area contributed by atoms with Crippen LogP contribution in [0.2, 0.25) is 10.0 Å². The molecule has 1 aromatic heterocycles. The van der Waals surface area contributed by atoms with Crippen molar-refractivity contribution < 1.29 is 9.90 Å². The molecule has 1 heterocycles. The number of nitrogens with zero attached hydrogens (tertiary/aromatic N) is 1. The number of halogens is 2. The molecular formula is C16H12Cl2N4O2. The number of H-pyrrole nitrogens is 1. The van der Waals surface area contributed by atoms with Crippen molar-refractivity contribution in [2.45, 2.75) is 0 Å². The van der Waals surface area contributed by atoms with E-state index in [9.17, 15) is 9.90 Å². The second kappa shape index (κ2) is 6.82. The summed E-state index contributed by atoms with van der Waals surface area (Å²) in [4.78, 5) is 12.1. The number of nitrogens with one attached hydrogen (secondary N) is 3. The number of carbonyl (C=O) groups excluding carboxylic acids is 1. The first-order valence-corrected chi connectivity index (χ1v) is 7.64. The van der Waals surface area contributed by atoms with Crippen molar-refractivity contribution in [1.82, 2.24) is 10.2 Å². The van der Waals surface area contributed by atoms with Crippen molar-refractivity contribution in [3.63, 3.8) is 0 Å². The van der Waals surface area contributed by atoms with Crippen LogP contribution >= 0.6 is 23.2 Å². The fraction of sp³-hybridized carbons (Fsp3) is 0. The number of phenolic OH excluding ortho intramolecular Hbond substituents is 1. The van der Waals surface area contributed by atoms with Gasteiger partial charge >= 0.3 is 6.03 Å². The Morgan fingerprint density at radius 1 is 1.04 bits per heavy atom. The fourth-order valence-electron chi connectivity index (χ4n) is 2.10. The van der Waals surface area contributed by atoms with Crippen LogP contribution in [0.1, 0.15) is 0 Å². The number of benzene rings is 2. The molecule has 0 bridgehead atoms. The lowest BCUT2D eigenvalue weighted by atomic mass is 10.1. The van der Waals surface area contributed by atoms with Crippen molar-refractivity contribution in [3.05, 3.63) is 58.7 Å². The lowest BCUT2D eigenvalue weighted by Gasteiger charge is -2.10. The Hall–Kier alpha value is -2.70. The lowest BCUT2D eigenvalue weighted by molar-refractivity contribution is 0.262. The second-order valence-corrected chi connectivity index (χ2v) is 5.75. The maximum atomic E-state index is 12.1. The van der Waals surface area contributed by atoms with E-state index in [-0.39, 0.29) is 5.75 Å². The molecule has 0 radical (unpaired) electrons. The first-order chi connectivity index (χ1) is 11.5. The molecule has 0 atom stereocenters. The van der Waals surface area contributed by atoms with Gasteiger partial charge < -0.3 is 15.7 Å². The molecule has 0 unspecified atom stereocenters. The molecule has 0 saturated carbocycles. The van der Waals surface area contributed by atoms with E-state index >= 15 is 0 Å². The van der Waals surface area contributed by atoms with Gasteiger partial charge in [0.25, 0.3) is 0 Å². The van der Waals surface area contributed by atoms with Gasteiger partial charge in [0, 0.05) is 22.0 Å². The maximum absolute atomic E-state index is 12.1. The summed E-state index contributed by atoms with van der Waals surface area (Å²) >= 11 is 11.8. The van der Waals surface area contributed by atoms with Crippen LogP contribution in [0.3, 0.4) is 0 Å². The summed E-state index contributed by atoms with van der Waals surface area (Å²) in [5.74, 6) is 0.0183. The van der Waals surface area contributed by atoms with Gasteiger partial charge in [0.05, 0.1) is 16.9 Å². The quantitative estimate of drug-likeness (QED) is 0.507. The third-order valence-corrected chi connectivity index (χ3v) is 3.76. The molecule has 122 valence electrons. The van der Waals surface area contributed by atoms with Gasteiger partial charge in [0.2, 0.25) is 0 Å². The van der Waals surface area contributed by atoms with E-state index < -0.39 is 6.03 Å². The Morgan fingerprint density at radius 3 is 2.38 bits per heavy atom. The van der Waals surface area contributed by atoms with Crippen LogP contribution < -0.4 is 10.6 Å². The van der Waals surface area contributed by atoms with E-state index in [1.54, 1.807) is 36.4 Å². The van der Waals surface area contributed by atoms with Crippen LogP contribution in [0, 0.1) is 0 Å². The SMILES string of the molecule is O=C(Nc1ccc(Cl)cc1)Nc1ccc(O)c(-c2[nH]ncc2Cl)c1. The van der Waals surface area contributed by atoms with Gasteiger partial charge in [-0.1, -0.05) is 23.2 Å². The molecule has 0 spiro atoms. The molecule has 0 saturated heterocycles. The van der Waals surface area contributed by atoms with Gasteiger partial charge in [-0.2, -0.15) is 5.10 Å². The van der Waals surface area contributed by atoms with Crippen LogP contribution in [-0.4, -0.2) is 21.3 Å². The molecule has 24 heavy (non-hydrogen) atoms. The number of amides is 2. The topological polar surface area (TPSA) is 90.0 Å². The van der Waals surface area contributed by atoms with E-state index in [1.807, 2.05) is 0 Å². The molecule has 6 nitrogen and oxygen atoms in total. The summed E-state index contributed by atoms with van der Waals surface area (Å²) in [6, 6.07) is 10.9. The molecule has 0 aliphatic rings. The molecule has 3 rings (SSSR count). The molecule has 8 heteroatoms. The Balaban J connectivity index is 1.77. The van der Waals surface area contributed by atoms with Gasteiger partial charge in [-0.3, -0.25) is 5.10 Å². The van der Waals surface area contributed by atoms with Gasteiger partial charge in [-0.25, -0.2) is 4.79 Å². The summed E-state index contributed by atoms with van der Waals surface area (Å²) in [6.07, 6.45) is 1.43. The van der Waals surface area contributed by atoms with Crippen LogP contribution in [0.4, 0.5) is 16.2 Å². The van der Waals surface area contributed by atoms with E-state index in [4.69, 9.17) is 23.2 Å². The van der Waals surface area contributed by atoms with Crippen molar-refractivity contribution in [2.24, 2.45) is 0 Å². The molecule has 0 aliphatic heterocycles. The summed E-state index contributed by atoms with van der Waals surface area (Å²) < 4.78 is 0. The van der Waals surface area contributed by atoms with Gasteiger partial charge in [0.1, 0.15) is 5.75 Å². The van der Waals surface area contributed by atoms with Crippen molar-refractivity contribution >= 4 is 40.6 Å². The predicted octanol–water partition coefficient (Wildman–Crippen LogP) is 4.73. The fourth-order valence-corrected chi connectivity index (χ4v) is 2.42. The average molecular weight is 363 g/mol. The van der Waals surface area contributed by atoms with Crippen molar-refractivity contribution in [2.75, 3.05) is 10.6 Å². The summed E-state index contributed by atoms with van der Waals surface area (Å²) in [5.41, 5.74) is 1.99. The molecule has 3 aromatic rings. The zero-order valence-corrected chi connectivity index (χ0v) is 13.7. The third kappa shape index (κ3) is 3.61. The van der Waals surface area contributed by atoms with Gasteiger partial charge in [-0.05, 0) is 42.5 Å². The standard InChI is InChI=1S/C16H12Cl2N4O2/c17-9-1-3-10(4-2-9)20-16(24)21-11-5-6-14(23)12(7-11)15-13(18)8-19-22-15/h1-8,23H,(H,19,22)(H2,20,21,24). The number of phenols is 1. The number of hydrogen-bond donors (Lipinski definition) is 4. The van der Waals surface area contributed by atoms with Crippen LogP contribution in [-0.2, 0) is 0 Å². The molecule has 0 aliphatic carbocycles. The molecular weight excluding hydrogens is 351 g/mol. The van der Waals surface area contributed by atoms with Crippen LogP contribution in [0.25, 0.3) is 11.3 Å². The number of aromatic hydroxyl groups is 1. The minimum absolute atomic E-state index is 0.0183. The van der Waals surface area contributed by atoms with Gasteiger partial charge in [-0.15, -0.1) is 0 Å². The monoisotopic (exact) mass is 362 g/mol. The summed E-state index contributed by atoms with van der Waals surface area (Å²) in [7, 11) is 0. The van der Waals surface area contributed by atoms with E-state index in [2.05, 4.69) is 20.8 Å². The van der Waals surface area contributed by atoms with E-state index in [1.165, 1.54) is 12.3 Å². The predicted molar refractivity (Wildman–Crippen MR) is 94.8 cm³/mol. The minimum atomic E-state index is -0.426. The highest BCUT2D eigenvalue weighted by molar-refractivity contribution is 6.33. The Kier molecular flexibility index (Phi) is 4.59. The van der Waals surface area contributed by atoms with E-state index in [0.29, 0.717) is 32.7 Å². The highest BCUT2D eigenvalue weighted by atomic mass is 35.5. The number of hydrogen-bond acceptors (Lipinski definition) is 3. The zero-order chi connectivity index (χ0) is 17.1. The zero-order valence-electron chi connectivity index (χ0n) is 12.2. The second-order valence-electron chi connectivity index (χ2n) is 4.91. The van der Waals surface area contributed by atoms with E-state index in [0.717, 1.165) is 0 Å². The Bertz CT molecular complexity index is 878.